The summed E-state index contributed by atoms with van der Waals surface area (Å²) in [5.41, 5.74) is 0.388. The summed E-state index contributed by atoms with van der Waals surface area (Å²) < 4.78 is 5.79. The number of ether oxygens (including phenoxy) is 1. The molecule has 0 aliphatic carbocycles. The van der Waals surface area contributed by atoms with Gasteiger partial charge >= 0.3 is 0 Å². The standard InChI is InChI=1S/C12H25NO/c1-5-13-10-6-7-14-11(8-10)9-12(2,3)4/h10-11,13H,5-9H2,1-4H3. The second kappa shape index (κ2) is 5.13. The van der Waals surface area contributed by atoms with Crippen LogP contribution in [0.25, 0.3) is 0 Å². The van der Waals surface area contributed by atoms with Crippen molar-refractivity contribution in [1.29, 1.82) is 0 Å². The fourth-order valence-electron chi connectivity index (χ4n) is 2.18. The van der Waals surface area contributed by atoms with Gasteiger partial charge in [0.1, 0.15) is 0 Å². The minimum atomic E-state index is 0.388. The Morgan fingerprint density at radius 1 is 1.36 bits per heavy atom. The maximum atomic E-state index is 5.79. The van der Waals surface area contributed by atoms with Crippen LogP contribution in [-0.4, -0.2) is 25.3 Å². The zero-order valence-corrected chi connectivity index (χ0v) is 10.1. The van der Waals surface area contributed by atoms with Gasteiger partial charge in [-0.25, -0.2) is 0 Å². The number of hydrogen-bond acceptors (Lipinski definition) is 2. The third-order valence-corrected chi connectivity index (χ3v) is 2.70. The van der Waals surface area contributed by atoms with E-state index in [9.17, 15) is 0 Å². The Kier molecular flexibility index (Phi) is 4.39. The topological polar surface area (TPSA) is 21.3 Å². The molecule has 2 atom stereocenters. The molecule has 1 heterocycles. The van der Waals surface area contributed by atoms with Crippen molar-refractivity contribution in [3.8, 4) is 0 Å². The Morgan fingerprint density at radius 2 is 2.07 bits per heavy atom. The number of rotatable bonds is 3. The molecule has 2 heteroatoms. The van der Waals surface area contributed by atoms with E-state index in [0.29, 0.717) is 17.6 Å². The molecule has 2 nitrogen and oxygen atoms in total. The quantitative estimate of drug-likeness (QED) is 0.754. The summed E-state index contributed by atoms with van der Waals surface area (Å²) >= 11 is 0. The summed E-state index contributed by atoms with van der Waals surface area (Å²) in [6.07, 6.45) is 4.00. The van der Waals surface area contributed by atoms with Gasteiger partial charge in [-0.3, -0.25) is 0 Å². The maximum Gasteiger partial charge on any atom is 0.0595 e. The predicted molar refractivity (Wildman–Crippen MR) is 60.5 cm³/mol. The summed E-state index contributed by atoms with van der Waals surface area (Å²) in [4.78, 5) is 0. The lowest BCUT2D eigenvalue weighted by molar-refractivity contribution is -0.0192. The molecular weight excluding hydrogens is 174 g/mol. The van der Waals surface area contributed by atoms with Gasteiger partial charge in [-0.15, -0.1) is 0 Å². The summed E-state index contributed by atoms with van der Waals surface area (Å²) in [5.74, 6) is 0. The molecule has 0 bridgehead atoms. The lowest BCUT2D eigenvalue weighted by atomic mass is 9.86. The van der Waals surface area contributed by atoms with Crippen molar-refractivity contribution in [1.82, 2.24) is 5.32 Å². The van der Waals surface area contributed by atoms with Crippen molar-refractivity contribution in [2.24, 2.45) is 5.41 Å². The van der Waals surface area contributed by atoms with Crippen molar-refractivity contribution in [2.45, 2.75) is 59.1 Å². The van der Waals surface area contributed by atoms with E-state index in [1.807, 2.05) is 0 Å². The van der Waals surface area contributed by atoms with Crippen LogP contribution in [0.15, 0.2) is 0 Å². The fraction of sp³-hybridized carbons (Fsp3) is 1.00. The van der Waals surface area contributed by atoms with E-state index >= 15 is 0 Å². The first-order chi connectivity index (χ1) is 6.51. The molecule has 0 amide bonds. The highest BCUT2D eigenvalue weighted by Gasteiger charge is 2.25. The van der Waals surface area contributed by atoms with Crippen LogP contribution >= 0.6 is 0 Å². The van der Waals surface area contributed by atoms with E-state index in [0.717, 1.165) is 13.2 Å². The third kappa shape index (κ3) is 4.43. The van der Waals surface area contributed by atoms with Crippen LogP contribution in [0.2, 0.25) is 0 Å². The van der Waals surface area contributed by atoms with E-state index in [-0.39, 0.29) is 0 Å². The largest absolute Gasteiger partial charge is 0.378 e. The van der Waals surface area contributed by atoms with Crippen molar-refractivity contribution in [3.05, 3.63) is 0 Å². The average Bonchev–Trinajstić information content (AvgIpc) is 2.02. The summed E-state index contributed by atoms with van der Waals surface area (Å²) in [6.45, 7) is 11.0. The minimum Gasteiger partial charge on any atom is -0.378 e. The van der Waals surface area contributed by atoms with Crippen molar-refractivity contribution < 1.29 is 4.74 Å². The number of hydrogen-bond donors (Lipinski definition) is 1. The van der Waals surface area contributed by atoms with E-state index in [2.05, 4.69) is 33.0 Å². The van der Waals surface area contributed by atoms with E-state index in [1.165, 1.54) is 19.3 Å². The molecule has 14 heavy (non-hydrogen) atoms. The molecule has 1 saturated heterocycles. The van der Waals surface area contributed by atoms with Crippen LogP contribution in [0.5, 0.6) is 0 Å². The van der Waals surface area contributed by atoms with Gasteiger partial charge in [0.05, 0.1) is 6.10 Å². The number of nitrogens with one attached hydrogen (secondary N) is 1. The Balaban J connectivity index is 2.32. The SMILES string of the molecule is CCNC1CCOC(CC(C)(C)C)C1. The molecule has 84 valence electrons. The van der Waals surface area contributed by atoms with E-state index in [4.69, 9.17) is 4.74 Å². The molecule has 0 radical (unpaired) electrons. The molecule has 1 rings (SSSR count). The lowest BCUT2D eigenvalue weighted by Gasteiger charge is -2.33. The Labute approximate surface area is 88.4 Å². The maximum absolute atomic E-state index is 5.79. The monoisotopic (exact) mass is 199 g/mol. The molecule has 0 aromatic rings. The van der Waals surface area contributed by atoms with Gasteiger partial charge in [-0.2, -0.15) is 0 Å². The molecule has 1 aliphatic heterocycles. The summed E-state index contributed by atoms with van der Waals surface area (Å²) in [7, 11) is 0. The van der Waals surface area contributed by atoms with Gasteiger partial charge < -0.3 is 10.1 Å². The highest BCUT2D eigenvalue weighted by molar-refractivity contribution is 4.79. The lowest BCUT2D eigenvalue weighted by Crippen LogP contribution is -2.40. The zero-order chi connectivity index (χ0) is 10.6. The first kappa shape index (κ1) is 12.0. The molecule has 0 saturated carbocycles. The van der Waals surface area contributed by atoms with Gasteiger partial charge in [-0.1, -0.05) is 27.7 Å². The molecule has 0 aromatic heterocycles. The second-order valence-electron chi connectivity index (χ2n) is 5.54. The van der Waals surface area contributed by atoms with Gasteiger partial charge in [0.25, 0.3) is 0 Å². The van der Waals surface area contributed by atoms with Gasteiger partial charge in [-0.05, 0) is 31.2 Å². The van der Waals surface area contributed by atoms with Crippen molar-refractivity contribution in [3.63, 3.8) is 0 Å². The minimum absolute atomic E-state index is 0.388. The van der Waals surface area contributed by atoms with Crippen LogP contribution in [0, 0.1) is 5.41 Å². The summed E-state index contributed by atoms with van der Waals surface area (Å²) in [5, 5.41) is 3.52. The van der Waals surface area contributed by atoms with Crippen molar-refractivity contribution in [2.75, 3.05) is 13.2 Å². The highest BCUT2D eigenvalue weighted by Crippen LogP contribution is 2.27. The average molecular weight is 199 g/mol. The second-order valence-corrected chi connectivity index (χ2v) is 5.54. The Bertz CT molecular complexity index is 160. The normalized spacial score (nSPS) is 29.1. The van der Waals surface area contributed by atoms with Gasteiger partial charge in [0.2, 0.25) is 0 Å². The molecule has 2 unspecified atom stereocenters. The van der Waals surface area contributed by atoms with Crippen LogP contribution in [-0.2, 0) is 4.74 Å². The molecule has 0 spiro atoms. The van der Waals surface area contributed by atoms with Gasteiger partial charge in [0.15, 0.2) is 0 Å². The van der Waals surface area contributed by atoms with Gasteiger partial charge in [0, 0.05) is 12.6 Å². The molecular formula is C12H25NO. The fourth-order valence-corrected chi connectivity index (χ4v) is 2.18. The molecule has 1 fully saturated rings. The molecule has 1 aliphatic rings. The summed E-state index contributed by atoms with van der Waals surface area (Å²) in [6, 6.07) is 0.682. The smallest absolute Gasteiger partial charge is 0.0595 e. The van der Waals surface area contributed by atoms with Crippen LogP contribution in [0.3, 0.4) is 0 Å². The van der Waals surface area contributed by atoms with Crippen LogP contribution < -0.4 is 5.32 Å². The highest BCUT2D eigenvalue weighted by atomic mass is 16.5. The molecule has 0 aromatic carbocycles. The Morgan fingerprint density at radius 3 is 2.64 bits per heavy atom. The van der Waals surface area contributed by atoms with E-state index in [1.54, 1.807) is 0 Å². The first-order valence-corrected chi connectivity index (χ1v) is 5.86. The predicted octanol–water partition coefficient (Wildman–Crippen LogP) is 2.58. The van der Waals surface area contributed by atoms with Crippen molar-refractivity contribution >= 4 is 0 Å². The first-order valence-electron chi connectivity index (χ1n) is 5.86. The van der Waals surface area contributed by atoms with E-state index < -0.39 is 0 Å². The Hall–Kier alpha value is -0.0800. The zero-order valence-electron chi connectivity index (χ0n) is 10.1. The van der Waals surface area contributed by atoms with Crippen LogP contribution in [0.1, 0.15) is 47.0 Å². The van der Waals surface area contributed by atoms with Crippen LogP contribution in [0.4, 0.5) is 0 Å². The molecule has 1 N–H and O–H groups in total. The third-order valence-electron chi connectivity index (χ3n) is 2.70.